The van der Waals surface area contributed by atoms with Crippen LogP contribution in [0.1, 0.15) is 49.8 Å². The number of hydrogen-bond acceptors (Lipinski definition) is 3. The van der Waals surface area contributed by atoms with E-state index in [4.69, 9.17) is 4.74 Å². The molecule has 0 aromatic carbocycles. The van der Waals surface area contributed by atoms with Gasteiger partial charge in [-0.2, -0.15) is 0 Å². The summed E-state index contributed by atoms with van der Waals surface area (Å²) >= 11 is 0. The number of nitrogens with zero attached hydrogens (tertiary/aromatic N) is 1. The van der Waals surface area contributed by atoms with Crippen LogP contribution < -0.4 is 5.32 Å². The van der Waals surface area contributed by atoms with E-state index in [0.29, 0.717) is 12.0 Å². The lowest BCUT2D eigenvalue weighted by atomic mass is 9.93. The number of rotatable bonds is 8. The van der Waals surface area contributed by atoms with Crippen molar-refractivity contribution in [1.29, 1.82) is 0 Å². The topological polar surface area (TPSA) is 34.1 Å². The minimum atomic E-state index is 0.547. The molecule has 1 N–H and O–H groups in total. The predicted octanol–water partition coefficient (Wildman–Crippen LogP) is 2.91. The molecule has 0 aliphatic heterocycles. The van der Waals surface area contributed by atoms with Crippen LogP contribution in [-0.2, 0) is 11.2 Å². The molecule has 1 aliphatic carbocycles. The standard InChI is InChI=1S/C16H26N2O/c1-3-10-17-15(7-5-12-19-2)14-9-8-13-6-4-11-18-16(13)14/h4,6,11,14-15,17H,3,5,7-10,12H2,1-2H3. The van der Waals surface area contributed by atoms with Crippen LogP contribution in [0, 0.1) is 0 Å². The van der Waals surface area contributed by atoms with Gasteiger partial charge in [0.05, 0.1) is 0 Å². The third kappa shape index (κ3) is 3.77. The van der Waals surface area contributed by atoms with E-state index in [-0.39, 0.29) is 0 Å². The molecule has 0 amide bonds. The maximum absolute atomic E-state index is 5.19. The molecule has 2 atom stereocenters. The van der Waals surface area contributed by atoms with Gasteiger partial charge in [-0.05, 0) is 50.3 Å². The summed E-state index contributed by atoms with van der Waals surface area (Å²) in [7, 11) is 1.78. The highest BCUT2D eigenvalue weighted by Crippen LogP contribution is 2.35. The van der Waals surface area contributed by atoms with Crippen molar-refractivity contribution in [2.45, 2.75) is 51.0 Å². The minimum absolute atomic E-state index is 0.547. The van der Waals surface area contributed by atoms with E-state index in [1.54, 1.807) is 7.11 Å². The summed E-state index contributed by atoms with van der Waals surface area (Å²) in [6.45, 7) is 4.17. The van der Waals surface area contributed by atoms with Gasteiger partial charge in [0.25, 0.3) is 0 Å². The van der Waals surface area contributed by atoms with Crippen molar-refractivity contribution in [2.75, 3.05) is 20.3 Å². The molecule has 0 bridgehead atoms. The number of ether oxygens (including phenoxy) is 1. The second-order valence-electron chi connectivity index (χ2n) is 5.39. The summed E-state index contributed by atoms with van der Waals surface area (Å²) in [6.07, 6.45) is 7.83. The van der Waals surface area contributed by atoms with Gasteiger partial charge in [-0.25, -0.2) is 0 Å². The zero-order chi connectivity index (χ0) is 13.5. The lowest BCUT2D eigenvalue weighted by Crippen LogP contribution is -2.35. The van der Waals surface area contributed by atoms with Crippen LogP contribution >= 0.6 is 0 Å². The van der Waals surface area contributed by atoms with Crippen LogP contribution in [-0.4, -0.2) is 31.3 Å². The van der Waals surface area contributed by atoms with Gasteiger partial charge in [-0.3, -0.25) is 4.98 Å². The Kier molecular flexibility index (Phi) is 5.80. The van der Waals surface area contributed by atoms with E-state index < -0.39 is 0 Å². The van der Waals surface area contributed by atoms with E-state index >= 15 is 0 Å². The monoisotopic (exact) mass is 262 g/mol. The van der Waals surface area contributed by atoms with Crippen molar-refractivity contribution in [1.82, 2.24) is 10.3 Å². The highest BCUT2D eigenvalue weighted by atomic mass is 16.5. The Hall–Kier alpha value is -0.930. The number of hydrogen-bond donors (Lipinski definition) is 1. The molecule has 3 nitrogen and oxygen atoms in total. The maximum atomic E-state index is 5.19. The zero-order valence-corrected chi connectivity index (χ0v) is 12.2. The molecule has 0 radical (unpaired) electrons. The lowest BCUT2D eigenvalue weighted by molar-refractivity contribution is 0.186. The molecule has 0 saturated carbocycles. The molecule has 0 fully saturated rings. The summed E-state index contributed by atoms with van der Waals surface area (Å²) in [5, 5.41) is 3.72. The van der Waals surface area contributed by atoms with E-state index in [1.807, 2.05) is 6.20 Å². The quantitative estimate of drug-likeness (QED) is 0.731. The predicted molar refractivity (Wildman–Crippen MR) is 78.5 cm³/mol. The molecule has 1 aliphatic rings. The second kappa shape index (κ2) is 7.61. The van der Waals surface area contributed by atoms with Gasteiger partial charge < -0.3 is 10.1 Å². The van der Waals surface area contributed by atoms with Crippen molar-refractivity contribution >= 4 is 0 Å². The van der Waals surface area contributed by atoms with Crippen LogP contribution in [0.3, 0.4) is 0 Å². The smallest absolute Gasteiger partial charge is 0.0482 e. The first kappa shape index (κ1) is 14.5. The highest BCUT2D eigenvalue weighted by Gasteiger charge is 2.30. The Morgan fingerprint density at radius 1 is 1.53 bits per heavy atom. The fraction of sp³-hybridized carbons (Fsp3) is 0.688. The Labute approximate surface area is 116 Å². The van der Waals surface area contributed by atoms with Gasteiger partial charge in [0.15, 0.2) is 0 Å². The van der Waals surface area contributed by atoms with Crippen molar-refractivity contribution in [3.63, 3.8) is 0 Å². The summed E-state index contributed by atoms with van der Waals surface area (Å²) in [5.74, 6) is 0.583. The van der Waals surface area contributed by atoms with Crippen molar-refractivity contribution in [2.24, 2.45) is 0 Å². The molecular formula is C16H26N2O. The average molecular weight is 262 g/mol. The van der Waals surface area contributed by atoms with Gasteiger partial charge in [-0.1, -0.05) is 13.0 Å². The number of nitrogens with one attached hydrogen (secondary N) is 1. The van der Waals surface area contributed by atoms with Gasteiger partial charge >= 0.3 is 0 Å². The van der Waals surface area contributed by atoms with Gasteiger partial charge in [0.1, 0.15) is 0 Å². The SMILES string of the molecule is CCCNC(CCCOC)C1CCc2cccnc21. The Balaban J connectivity index is 2.01. The number of aromatic nitrogens is 1. The molecule has 1 heterocycles. The van der Waals surface area contributed by atoms with Crippen LogP contribution in [0.15, 0.2) is 18.3 Å². The first-order valence-corrected chi connectivity index (χ1v) is 7.53. The lowest BCUT2D eigenvalue weighted by Gasteiger charge is -2.25. The fourth-order valence-electron chi connectivity index (χ4n) is 3.06. The molecule has 2 rings (SSSR count). The summed E-state index contributed by atoms with van der Waals surface area (Å²) in [5.41, 5.74) is 2.77. The van der Waals surface area contributed by atoms with E-state index in [0.717, 1.165) is 19.6 Å². The van der Waals surface area contributed by atoms with E-state index in [2.05, 4.69) is 29.4 Å². The Morgan fingerprint density at radius 3 is 3.21 bits per heavy atom. The molecule has 0 spiro atoms. The maximum Gasteiger partial charge on any atom is 0.0482 e. The first-order valence-electron chi connectivity index (χ1n) is 7.53. The van der Waals surface area contributed by atoms with Crippen LogP contribution in [0.25, 0.3) is 0 Å². The van der Waals surface area contributed by atoms with Crippen LogP contribution in [0.4, 0.5) is 0 Å². The highest BCUT2D eigenvalue weighted by molar-refractivity contribution is 5.29. The number of methoxy groups -OCH3 is 1. The summed E-state index contributed by atoms with van der Waals surface area (Å²) in [6, 6.07) is 4.83. The molecule has 19 heavy (non-hydrogen) atoms. The summed E-state index contributed by atoms with van der Waals surface area (Å²) in [4.78, 5) is 4.63. The summed E-state index contributed by atoms with van der Waals surface area (Å²) < 4.78 is 5.19. The van der Waals surface area contributed by atoms with Crippen molar-refractivity contribution in [3.8, 4) is 0 Å². The van der Waals surface area contributed by atoms with Crippen molar-refractivity contribution in [3.05, 3.63) is 29.6 Å². The fourth-order valence-corrected chi connectivity index (χ4v) is 3.06. The van der Waals surface area contributed by atoms with Crippen LogP contribution in [0.2, 0.25) is 0 Å². The third-order valence-corrected chi connectivity index (χ3v) is 4.01. The average Bonchev–Trinajstić information content (AvgIpc) is 2.87. The Bertz CT molecular complexity index is 381. The van der Waals surface area contributed by atoms with Gasteiger partial charge in [-0.15, -0.1) is 0 Å². The zero-order valence-electron chi connectivity index (χ0n) is 12.2. The molecule has 1 aromatic rings. The van der Waals surface area contributed by atoms with E-state index in [9.17, 15) is 0 Å². The molecule has 1 aromatic heterocycles. The molecular weight excluding hydrogens is 236 g/mol. The second-order valence-corrected chi connectivity index (χ2v) is 5.39. The molecule has 106 valence electrons. The largest absolute Gasteiger partial charge is 0.385 e. The minimum Gasteiger partial charge on any atom is -0.385 e. The van der Waals surface area contributed by atoms with Gasteiger partial charge in [0.2, 0.25) is 0 Å². The normalized spacial score (nSPS) is 19.4. The van der Waals surface area contributed by atoms with Crippen molar-refractivity contribution < 1.29 is 4.74 Å². The van der Waals surface area contributed by atoms with Crippen LogP contribution in [0.5, 0.6) is 0 Å². The number of fused-ring (bicyclic) bond motifs is 1. The molecule has 3 heteroatoms. The number of aryl methyl sites for hydroxylation is 1. The molecule has 2 unspecified atom stereocenters. The Morgan fingerprint density at radius 2 is 2.42 bits per heavy atom. The number of pyridine rings is 1. The molecule has 0 saturated heterocycles. The van der Waals surface area contributed by atoms with Gasteiger partial charge in [0, 0.05) is 37.6 Å². The first-order chi connectivity index (χ1) is 9.36. The third-order valence-electron chi connectivity index (χ3n) is 4.01. The van der Waals surface area contributed by atoms with E-state index in [1.165, 1.54) is 36.9 Å².